The molecule has 0 radical (unpaired) electrons. The fraction of sp³-hybridized carbons (Fsp3) is 0.211. The Labute approximate surface area is 135 Å². The summed E-state index contributed by atoms with van der Waals surface area (Å²) >= 11 is 0. The third kappa shape index (κ3) is 4.97. The quantitative estimate of drug-likeness (QED) is 0.466. The molecule has 0 saturated heterocycles. The van der Waals surface area contributed by atoms with Crippen molar-refractivity contribution in [2.24, 2.45) is 0 Å². The van der Waals surface area contributed by atoms with Gasteiger partial charge in [0.1, 0.15) is 11.5 Å². The normalized spacial score (nSPS) is 11.0. The molecule has 2 N–H and O–H groups in total. The molecule has 0 aliphatic heterocycles. The summed E-state index contributed by atoms with van der Waals surface area (Å²) < 4.78 is 5.04. The molecule has 2 rings (SSSR count). The Morgan fingerprint density at radius 1 is 1.09 bits per heavy atom. The molecule has 0 aliphatic rings. The summed E-state index contributed by atoms with van der Waals surface area (Å²) in [4.78, 5) is 12.1. The molecule has 0 saturated carbocycles. The second-order valence-electron chi connectivity index (χ2n) is 5.22. The first kappa shape index (κ1) is 16.8. The minimum Gasteiger partial charge on any atom is -0.508 e. The first-order chi connectivity index (χ1) is 11.1. The van der Waals surface area contributed by atoms with Crippen molar-refractivity contribution in [1.82, 2.24) is 0 Å². The molecule has 2 aromatic rings. The van der Waals surface area contributed by atoms with E-state index in [0.717, 1.165) is 24.0 Å². The molecule has 0 fully saturated rings. The van der Waals surface area contributed by atoms with E-state index < -0.39 is 0 Å². The SMILES string of the molecule is COCCCc1cc(O)ccc1C=CC(=O)c1ccc(O)cc1. The first-order valence-electron chi connectivity index (χ1n) is 7.42. The molecule has 0 aliphatic carbocycles. The number of hydrogen-bond donors (Lipinski definition) is 2. The van der Waals surface area contributed by atoms with Gasteiger partial charge in [0, 0.05) is 19.3 Å². The number of aromatic hydroxyl groups is 2. The van der Waals surface area contributed by atoms with E-state index in [0.29, 0.717) is 12.2 Å². The smallest absolute Gasteiger partial charge is 0.185 e. The highest BCUT2D eigenvalue weighted by Crippen LogP contribution is 2.20. The van der Waals surface area contributed by atoms with Gasteiger partial charge in [0.25, 0.3) is 0 Å². The standard InChI is InChI=1S/C19H20O4/c1-23-12-2-3-16-13-18(21)10-4-14(16)7-11-19(22)15-5-8-17(20)9-6-15/h4-11,13,20-21H,2-3,12H2,1H3. The van der Waals surface area contributed by atoms with Gasteiger partial charge in [-0.05, 0) is 66.4 Å². The van der Waals surface area contributed by atoms with Crippen molar-refractivity contribution in [3.8, 4) is 11.5 Å². The van der Waals surface area contributed by atoms with E-state index in [4.69, 9.17) is 4.74 Å². The van der Waals surface area contributed by atoms with Gasteiger partial charge in [0.2, 0.25) is 0 Å². The van der Waals surface area contributed by atoms with Crippen molar-refractivity contribution in [1.29, 1.82) is 0 Å². The molecule has 2 aromatic carbocycles. The molecule has 0 heterocycles. The third-order valence-electron chi connectivity index (χ3n) is 3.49. The number of methoxy groups -OCH3 is 1. The van der Waals surface area contributed by atoms with Gasteiger partial charge < -0.3 is 14.9 Å². The minimum atomic E-state index is -0.138. The van der Waals surface area contributed by atoms with Gasteiger partial charge >= 0.3 is 0 Å². The zero-order valence-electron chi connectivity index (χ0n) is 13.0. The molecular weight excluding hydrogens is 292 g/mol. The van der Waals surface area contributed by atoms with E-state index in [1.165, 1.54) is 18.2 Å². The van der Waals surface area contributed by atoms with Gasteiger partial charge in [-0.25, -0.2) is 0 Å². The third-order valence-corrected chi connectivity index (χ3v) is 3.49. The Morgan fingerprint density at radius 2 is 1.78 bits per heavy atom. The Bertz CT molecular complexity index is 687. The number of allylic oxidation sites excluding steroid dienone is 1. The maximum atomic E-state index is 12.1. The van der Waals surface area contributed by atoms with Crippen LogP contribution in [-0.4, -0.2) is 29.7 Å². The molecule has 23 heavy (non-hydrogen) atoms. The number of rotatable bonds is 7. The van der Waals surface area contributed by atoms with E-state index in [1.807, 2.05) is 0 Å². The van der Waals surface area contributed by atoms with Crippen LogP contribution < -0.4 is 0 Å². The molecule has 0 spiro atoms. The van der Waals surface area contributed by atoms with E-state index >= 15 is 0 Å². The van der Waals surface area contributed by atoms with Crippen molar-refractivity contribution >= 4 is 11.9 Å². The Balaban J connectivity index is 2.14. The number of carbonyl (C=O) groups is 1. The number of aryl methyl sites for hydroxylation is 1. The van der Waals surface area contributed by atoms with Crippen LogP contribution in [0.15, 0.2) is 48.5 Å². The molecule has 0 bridgehead atoms. The van der Waals surface area contributed by atoms with E-state index in [2.05, 4.69) is 0 Å². The average molecular weight is 312 g/mol. The molecule has 120 valence electrons. The van der Waals surface area contributed by atoms with Gasteiger partial charge in [-0.1, -0.05) is 12.1 Å². The minimum absolute atomic E-state index is 0.129. The van der Waals surface area contributed by atoms with Crippen LogP contribution in [-0.2, 0) is 11.2 Å². The van der Waals surface area contributed by atoms with Crippen LogP contribution in [0.25, 0.3) is 6.08 Å². The van der Waals surface area contributed by atoms with Crippen molar-refractivity contribution in [2.45, 2.75) is 12.8 Å². The predicted octanol–water partition coefficient (Wildman–Crippen LogP) is 3.57. The highest BCUT2D eigenvalue weighted by molar-refractivity contribution is 6.06. The zero-order chi connectivity index (χ0) is 16.7. The maximum Gasteiger partial charge on any atom is 0.185 e. The van der Waals surface area contributed by atoms with Crippen molar-refractivity contribution in [2.75, 3.05) is 13.7 Å². The Morgan fingerprint density at radius 3 is 2.48 bits per heavy atom. The van der Waals surface area contributed by atoms with Crippen molar-refractivity contribution in [3.05, 3.63) is 65.2 Å². The molecule has 0 unspecified atom stereocenters. The molecule has 0 aromatic heterocycles. The van der Waals surface area contributed by atoms with Gasteiger partial charge in [0.15, 0.2) is 5.78 Å². The lowest BCUT2D eigenvalue weighted by atomic mass is 10.0. The van der Waals surface area contributed by atoms with Gasteiger partial charge in [-0.3, -0.25) is 4.79 Å². The lowest BCUT2D eigenvalue weighted by Crippen LogP contribution is -1.96. The average Bonchev–Trinajstić information content (AvgIpc) is 2.54. The van der Waals surface area contributed by atoms with Crippen LogP contribution in [0, 0.1) is 0 Å². The number of ketones is 1. The molecule has 0 atom stereocenters. The highest BCUT2D eigenvalue weighted by atomic mass is 16.5. The first-order valence-corrected chi connectivity index (χ1v) is 7.42. The summed E-state index contributed by atoms with van der Waals surface area (Å²) in [6.45, 7) is 0.644. The lowest BCUT2D eigenvalue weighted by Gasteiger charge is -2.07. The van der Waals surface area contributed by atoms with Crippen LogP contribution in [0.5, 0.6) is 11.5 Å². The van der Waals surface area contributed by atoms with Crippen molar-refractivity contribution in [3.63, 3.8) is 0 Å². The topological polar surface area (TPSA) is 66.8 Å². The summed E-state index contributed by atoms with van der Waals surface area (Å²) in [5.74, 6) is 0.199. The number of carbonyl (C=O) groups excluding carboxylic acids is 1. The van der Waals surface area contributed by atoms with Gasteiger partial charge in [0.05, 0.1) is 0 Å². The van der Waals surface area contributed by atoms with Crippen LogP contribution in [0.3, 0.4) is 0 Å². The highest BCUT2D eigenvalue weighted by Gasteiger charge is 2.04. The second-order valence-corrected chi connectivity index (χ2v) is 5.22. The fourth-order valence-electron chi connectivity index (χ4n) is 2.27. The van der Waals surface area contributed by atoms with Crippen LogP contribution in [0.4, 0.5) is 0 Å². The number of phenols is 2. The number of ether oxygens (including phenoxy) is 1. The van der Waals surface area contributed by atoms with Gasteiger partial charge in [-0.15, -0.1) is 0 Å². The second kappa shape index (κ2) is 8.15. The number of benzene rings is 2. The maximum absolute atomic E-state index is 12.1. The molecule has 0 amide bonds. The van der Waals surface area contributed by atoms with Gasteiger partial charge in [-0.2, -0.15) is 0 Å². The van der Waals surface area contributed by atoms with Crippen LogP contribution in [0.1, 0.15) is 27.9 Å². The largest absolute Gasteiger partial charge is 0.508 e. The number of phenolic OH excluding ortho intramolecular Hbond substituents is 2. The van der Waals surface area contributed by atoms with E-state index in [9.17, 15) is 15.0 Å². The predicted molar refractivity (Wildman–Crippen MR) is 89.8 cm³/mol. The summed E-state index contributed by atoms with van der Waals surface area (Å²) in [5.41, 5.74) is 2.38. The monoisotopic (exact) mass is 312 g/mol. The van der Waals surface area contributed by atoms with E-state index in [-0.39, 0.29) is 17.3 Å². The summed E-state index contributed by atoms with van der Waals surface area (Å²) in [5, 5.41) is 18.9. The summed E-state index contributed by atoms with van der Waals surface area (Å²) in [7, 11) is 1.65. The number of hydrogen-bond acceptors (Lipinski definition) is 4. The molecule has 4 nitrogen and oxygen atoms in total. The Hall–Kier alpha value is -2.59. The summed E-state index contributed by atoms with van der Waals surface area (Å²) in [6.07, 6.45) is 4.84. The fourth-order valence-corrected chi connectivity index (χ4v) is 2.27. The van der Waals surface area contributed by atoms with Crippen LogP contribution in [0.2, 0.25) is 0 Å². The summed E-state index contributed by atoms with van der Waals surface area (Å²) in [6, 6.07) is 11.2. The van der Waals surface area contributed by atoms with Crippen molar-refractivity contribution < 1.29 is 19.7 Å². The van der Waals surface area contributed by atoms with E-state index in [1.54, 1.807) is 43.5 Å². The Kier molecular flexibility index (Phi) is 5.94. The molecule has 4 heteroatoms. The zero-order valence-corrected chi connectivity index (χ0v) is 13.0. The lowest BCUT2D eigenvalue weighted by molar-refractivity contribution is 0.104. The molecular formula is C19H20O4. The van der Waals surface area contributed by atoms with Crippen LogP contribution >= 0.6 is 0 Å².